The van der Waals surface area contributed by atoms with E-state index in [4.69, 9.17) is 11.6 Å². The minimum Gasteiger partial charge on any atom is -0.274 e. The van der Waals surface area contributed by atoms with Gasteiger partial charge in [0.1, 0.15) is 6.33 Å². The minimum absolute atomic E-state index is 0.204. The maximum Gasteiger partial charge on any atom is 0.240 e. The molecule has 2 aromatic rings. The molecule has 17 heavy (non-hydrogen) atoms. The Hall–Kier alpha value is -1.14. The third kappa shape index (κ3) is 3.41. The highest BCUT2D eigenvalue weighted by Gasteiger charge is 2.07. The van der Waals surface area contributed by atoms with E-state index in [0.717, 1.165) is 5.75 Å². The van der Waals surface area contributed by atoms with E-state index in [1.54, 1.807) is 35.0 Å². The molecule has 0 radical (unpaired) electrons. The first-order valence-corrected chi connectivity index (χ1v) is 6.54. The summed E-state index contributed by atoms with van der Waals surface area (Å²) in [6, 6.07) is 0. The topological polar surface area (TPSA) is 56.5 Å². The summed E-state index contributed by atoms with van der Waals surface area (Å²) in [7, 11) is 0. The van der Waals surface area contributed by atoms with Crippen LogP contribution in [0.2, 0.25) is 5.28 Å². The van der Waals surface area contributed by atoms with Gasteiger partial charge in [-0.25, -0.2) is 4.98 Å². The van der Waals surface area contributed by atoms with E-state index >= 15 is 0 Å². The molecule has 0 spiro atoms. The molecule has 7 heteroatoms. The number of hydrogen-bond acceptors (Lipinski definition) is 5. The standard InChI is InChI=1S/C10H12ClN5S/c1-7(2)5-17-10-14-8(11)13-9(15-10)16-4-3-12-6-16/h3-4,6-7H,5H2,1-2H3. The summed E-state index contributed by atoms with van der Waals surface area (Å²) in [4.78, 5) is 16.4. The molecule has 0 aromatic carbocycles. The first-order valence-electron chi connectivity index (χ1n) is 5.18. The monoisotopic (exact) mass is 269 g/mol. The molecule has 5 nitrogen and oxygen atoms in total. The molecule has 0 aliphatic carbocycles. The number of nitrogens with zero attached hydrogens (tertiary/aromatic N) is 5. The third-order valence-electron chi connectivity index (χ3n) is 1.86. The Labute approximate surface area is 109 Å². The van der Waals surface area contributed by atoms with Gasteiger partial charge >= 0.3 is 0 Å². The molecule has 2 rings (SSSR count). The van der Waals surface area contributed by atoms with Crippen LogP contribution in [0.4, 0.5) is 0 Å². The van der Waals surface area contributed by atoms with Gasteiger partial charge in [-0.2, -0.15) is 15.0 Å². The van der Waals surface area contributed by atoms with E-state index in [1.807, 2.05) is 0 Å². The molecule has 0 atom stereocenters. The lowest BCUT2D eigenvalue weighted by atomic mass is 10.3. The van der Waals surface area contributed by atoms with Crippen LogP contribution in [-0.4, -0.2) is 30.3 Å². The van der Waals surface area contributed by atoms with Gasteiger partial charge < -0.3 is 0 Å². The van der Waals surface area contributed by atoms with Crippen molar-refractivity contribution in [1.29, 1.82) is 0 Å². The number of hydrogen-bond donors (Lipinski definition) is 0. The predicted octanol–water partition coefficient (Wildman–Crippen LogP) is 2.46. The van der Waals surface area contributed by atoms with Gasteiger partial charge in [0.05, 0.1) is 0 Å². The number of rotatable bonds is 4. The molecular weight excluding hydrogens is 258 g/mol. The van der Waals surface area contributed by atoms with Crippen LogP contribution in [0.5, 0.6) is 0 Å². The molecule has 0 aliphatic rings. The Kier molecular flexibility index (Phi) is 3.96. The summed E-state index contributed by atoms with van der Waals surface area (Å²) in [6.07, 6.45) is 5.06. The smallest absolute Gasteiger partial charge is 0.240 e. The largest absolute Gasteiger partial charge is 0.274 e. The van der Waals surface area contributed by atoms with Crippen molar-refractivity contribution in [2.75, 3.05) is 5.75 Å². The molecule has 0 aliphatic heterocycles. The van der Waals surface area contributed by atoms with Crippen LogP contribution in [0.1, 0.15) is 13.8 Å². The van der Waals surface area contributed by atoms with Crippen molar-refractivity contribution < 1.29 is 0 Å². The summed E-state index contributed by atoms with van der Waals surface area (Å²) >= 11 is 7.45. The fourth-order valence-electron chi connectivity index (χ4n) is 1.12. The minimum atomic E-state index is 0.204. The Morgan fingerprint density at radius 2 is 2.18 bits per heavy atom. The molecule has 2 aromatic heterocycles. The third-order valence-corrected chi connectivity index (χ3v) is 3.30. The lowest BCUT2D eigenvalue weighted by molar-refractivity contribution is 0.745. The zero-order valence-corrected chi connectivity index (χ0v) is 11.1. The number of aromatic nitrogens is 5. The number of imidazole rings is 1. The second-order valence-corrected chi connectivity index (χ2v) is 5.19. The van der Waals surface area contributed by atoms with Gasteiger partial charge in [-0.05, 0) is 17.5 Å². The van der Waals surface area contributed by atoms with Crippen molar-refractivity contribution in [2.45, 2.75) is 19.0 Å². The number of halogens is 1. The Morgan fingerprint density at radius 3 is 2.82 bits per heavy atom. The average molecular weight is 270 g/mol. The van der Waals surface area contributed by atoms with Crippen molar-refractivity contribution in [1.82, 2.24) is 24.5 Å². The summed E-state index contributed by atoms with van der Waals surface area (Å²) in [5.74, 6) is 2.02. The average Bonchev–Trinajstić information content (AvgIpc) is 2.79. The quantitative estimate of drug-likeness (QED) is 0.798. The van der Waals surface area contributed by atoms with Gasteiger partial charge in [0.2, 0.25) is 11.2 Å². The van der Waals surface area contributed by atoms with Crippen molar-refractivity contribution in [2.24, 2.45) is 5.92 Å². The van der Waals surface area contributed by atoms with Crippen LogP contribution in [0.25, 0.3) is 5.95 Å². The lowest BCUT2D eigenvalue weighted by Gasteiger charge is -2.05. The first-order chi connectivity index (χ1) is 8.15. The highest BCUT2D eigenvalue weighted by Crippen LogP contribution is 2.18. The van der Waals surface area contributed by atoms with Gasteiger partial charge in [-0.1, -0.05) is 25.6 Å². The molecule has 90 valence electrons. The predicted molar refractivity (Wildman–Crippen MR) is 67.5 cm³/mol. The molecule has 0 N–H and O–H groups in total. The van der Waals surface area contributed by atoms with Gasteiger partial charge in [0, 0.05) is 18.1 Å². The van der Waals surface area contributed by atoms with Crippen molar-refractivity contribution >= 4 is 23.4 Å². The molecule has 0 bridgehead atoms. The Balaban J connectivity index is 2.24. The van der Waals surface area contributed by atoms with E-state index in [2.05, 4.69) is 33.8 Å². The summed E-state index contributed by atoms with van der Waals surface area (Å²) < 4.78 is 1.70. The van der Waals surface area contributed by atoms with Crippen molar-refractivity contribution in [3.63, 3.8) is 0 Å². The maximum atomic E-state index is 5.87. The summed E-state index contributed by atoms with van der Waals surface area (Å²) in [5, 5.41) is 0.845. The van der Waals surface area contributed by atoms with E-state index in [1.165, 1.54) is 0 Å². The fraction of sp³-hybridized carbons (Fsp3) is 0.400. The Bertz CT molecular complexity index is 485. The molecular formula is C10H12ClN5S. The highest BCUT2D eigenvalue weighted by atomic mass is 35.5. The Morgan fingerprint density at radius 1 is 1.35 bits per heavy atom. The molecule has 0 amide bonds. The summed E-state index contributed by atoms with van der Waals surface area (Å²) in [6.45, 7) is 4.29. The van der Waals surface area contributed by atoms with E-state index in [-0.39, 0.29) is 5.28 Å². The van der Waals surface area contributed by atoms with Crippen LogP contribution >= 0.6 is 23.4 Å². The van der Waals surface area contributed by atoms with Gasteiger partial charge in [-0.15, -0.1) is 0 Å². The highest BCUT2D eigenvalue weighted by molar-refractivity contribution is 7.99. The second kappa shape index (κ2) is 5.46. The van der Waals surface area contributed by atoms with Crippen LogP contribution in [0, 0.1) is 5.92 Å². The van der Waals surface area contributed by atoms with Gasteiger partial charge in [0.15, 0.2) is 5.16 Å². The van der Waals surface area contributed by atoms with E-state index in [9.17, 15) is 0 Å². The molecule has 0 saturated heterocycles. The van der Waals surface area contributed by atoms with Crippen molar-refractivity contribution in [3.8, 4) is 5.95 Å². The van der Waals surface area contributed by atoms with Gasteiger partial charge in [0.25, 0.3) is 0 Å². The molecule has 0 unspecified atom stereocenters. The van der Waals surface area contributed by atoms with E-state index in [0.29, 0.717) is 17.0 Å². The van der Waals surface area contributed by atoms with Crippen LogP contribution < -0.4 is 0 Å². The van der Waals surface area contributed by atoms with Crippen LogP contribution in [-0.2, 0) is 0 Å². The van der Waals surface area contributed by atoms with Crippen LogP contribution in [0.15, 0.2) is 23.9 Å². The first kappa shape index (κ1) is 12.3. The van der Waals surface area contributed by atoms with Gasteiger partial charge in [-0.3, -0.25) is 4.57 Å². The fourth-order valence-corrected chi connectivity index (χ4v) is 2.11. The maximum absolute atomic E-state index is 5.87. The SMILES string of the molecule is CC(C)CSc1nc(Cl)nc(-n2ccnc2)n1. The van der Waals surface area contributed by atoms with Crippen molar-refractivity contribution in [3.05, 3.63) is 24.0 Å². The normalized spacial score (nSPS) is 11.1. The zero-order chi connectivity index (χ0) is 12.3. The summed E-state index contributed by atoms with van der Waals surface area (Å²) in [5.41, 5.74) is 0. The van der Waals surface area contributed by atoms with E-state index < -0.39 is 0 Å². The lowest BCUT2D eigenvalue weighted by Crippen LogP contribution is -2.03. The molecule has 0 fully saturated rings. The molecule has 2 heterocycles. The molecule has 0 saturated carbocycles. The zero-order valence-electron chi connectivity index (χ0n) is 9.54. The van der Waals surface area contributed by atoms with Crippen LogP contribution in [0.3, 0.4) is 0 Å². The number of thioether (sulfide) groups is 1. The second-order valence-electron chi connectivity index (χ2n) is 3.86.